The standard InChI is InChI=1S/2C29H31N3O5.C28H29BrN2O6.C28H31BrN2O5/c2*1-32(13-14-35-2)18-22-25(20-7-5-4-6-8-20)29(21-11-9-19(15-30)10-12-21)28(34,27(22)33)26-23(36-3)16-31-17-24(26)37-29;1-31(13-14-35-2)26(33)22-23(17-7-5-4-6-8-17)28(18-9-11-19(29)12-10-18)27(34,25(22)32)24-20(36-3)15-30-16-21(24)37-28;1-31(13-14-34-2)17-21-24(18-7-5-4-6-8-18)28(19-9-11-20(29)12-10-19)27(33,26(21)32)25-22(35-3)15-30-16-23(25)36-28/h2*4-12,16-17,22,25,27,33-34H,13-14,18H2,1-3H3;4-12,15-16,22-23,25,32,34H,13-14H2,1-3H3;4-12,15-16,21,24,26,32-33H,13-14,17H2,1-3H3/t2*22-,25-,27-,28+,29+;22-,23-,25-,27+,28+;21-,24-,26-,27+,28+/m1111/s1. The Morgan fingerprint density at radius 3 is 0.830 bits per heavy atom. The lowest BCUT2D eigenvalue weighted by Crippen LogP contribution is -2.52. The van der Waals surface area contributed by atoms with Crippen LogP contribution in [0.5, 0.6) is 46.0 Å². The number of benzene rings is 8. The summed E-state index contributed by atoms with van der Waals surface area (Å²) < 4.78 is 72.3. The molecule has 0 saturated heterocycles. The van der Waals surface area contributed by atoms with Crippen molar-refractivity contribution >= 4 is 37.8 Å². The molecule has 20 rings (SSSR count). The summed E-state index contributed by atoms with van der Waals surface area (Å²) in [7, 11) is 20.2. The lowest BCUT2D eigenvalue weighted by atomic mass is 9.70. The molecule has 33 heteroatoms. The molecule has 8 N–H and O–H groups in total. The maximum atomic E-state index is 14.0. The van der Waals surface area contributed by atoms with Crippen LogP contribution in [0.15, 0.2) is 277 Å². The number of aliphatic hydroxyl groups is 8. The van der Waals surface area contributed by atoms with Crippen molar-refractivity contribution in [2.45, 2.75) is 92.9 Å². The number of ether oxygens (including phenoxy) is 12. The van der Waals surface area contributed by atoms with E-state index in [4.69, 9.17) is 56.8 Å². The van der Waals surface area contributed by atoms with E-state index < -0.39 is 105 Å². The molecule has 12 aromatic rings. The van der Waals surface area contributed by atoms with Crippen molar-refractivity contribution in [2.24, 2.45) is 23.7 Å². The van der Waals surface area contributed by atoms with Crippen LogP contribution in [0.25, 0.3) is 0 Å². The fraction of sp³-hybridized carbons (Fsp3) is 0.377. The number of halogens is 2. The molecule has 147 heavy (non-hydrogen) atoms. The lowest BCUT2D eigenvalue weighted by molar-refractivity contribution is -0.156. The molecule has 1 amide bonds. The Morgan fingerprint density at radius 2 is 0.578 bits per heavy atom. The highest BCUT2D eigenvalue weighted by molar-refractivity contribution is 9.10. The van der Waals surface area contributed by atoms with E-state index in [9.17, 15) is 56.2 Å². The van der Waals surface area contributed by atoms with Crippen molar-refractivity contribution in [2.75, 3.05) is 157 Å². The Kier molecular flexibility index (Phi) is 31.5. The molecular formula is C114H122Br2N10O21. The third-order valence-electron chi connectivity index (χ3n) is 30.9. The number of aliphatic hydroxyl groups excluding tert-OH is 4. The van der Waals surface area contributed by atoms with Crippen molar-refractivity contribution in [1.29, 1.82) is 10.5 Å². The van der Waals surface area contributed by atoms with Gasteiger partial charge in [0.25, 0.3) is 0 Å². The zero-order valence-electron chi connectivity index (χ0n) is 83.7. The molecule has 4 aliphatic heterocycles. The summed E-state index contributed by atoms with van der Waals surface area (Å²) in [6.45, 7) is 5.81. The molecular weight excluding hydrogens is 2010 g/mol. The number of aromatic nitrogens is 4. The highest BCUT2D eigenvalue weighted by Crippen LogP contribution is 2.75. The number of hydrogen-bond donors (Lipinski definition) is 8. The smallest absolute Gasteiger partial charge is 0.229 e. The SMILES string of the molecule is COCCN(C)C(=O)[C@H]1[C@@H](O)[C@@]2(O)c3c(OC)cncc3O[C@@]2(c2ccc(Br)cc2)[C@@H]1c1ccccc1.COCCN(C)C[C@H]1[C@@H](O)[C@@]2(O)c3c(OC)cncc3O[C@@]2(c2ccc(Br)cc2)[C@@H]1c1ccccc1.COCCN(C)C[C@H]1[C@@H](O)[C@@]2(O)c3c(OC)cncc3O[C@@]2(c2ccc(C#N)cc2)[C@@H]1c1ccccc1.COCCN(C)C[C@H]1[C@@H](O)[C@@]2(O)c3c(OC)cncc3O[C@@]2(c2ccc(C#N)cc2)[C@@H]1c1ccccc1. The zero-order valence-corrected chi connectivity index (χ0v) is 86.9. The van der Waals surface area contributed by atoms with E-state index in [2.05, 4.69) is 78.6 Å². The van der Waals surface area contributed by atoms with Crippen LogP contribution in [0.3, 0.4) is 0 Å². The first kappa shape index (κ1) is 106. The fourth-order valence-corrected chi connectivity index (χ4v) is 25.1. The third kappa shape index (κ3) is 17.5. The van der Waals surface area contributed by atoms with Gasteiger partial charge in [0, 0.05) is 132 Å². The van der Waals surface area contributed by atoms with Gasteiger partial charge in [0.15, 0.2) is 44.8 Å². The Balaban J connectivity index is 0.000000134. The summed E-state index contributed by atoms with van der Waals surface area (Å²) >= 11 is 7.01. The van der Waals surface area contributed by atoms with Crippen molar-refractivity contribution in [3.63, 3.8) is 0 Å². The second kappa shape index (κ2) is 43.8. The van der Waals surface area contributed by atoms with Gasteiger partial charge in [-0.15, -0.1) is 0 Å². The number of rotatable bonds is 31. The highest BCUT2D eigenvalue weighted by Gasteiger charge is 2.82. The van der Waals surface area contributed by atoms with Crippen LogP contribution >= 0.6 is 31.9 Å². The first-order chi connectivity index (χ1) is 71.0. The molecule has 0 spiro atoms. The summed E-state index contributed by atoms with van der Waals surface area (Å²) in [6.07, 6.45) is 7.16. The lowest BCUT2D eigenvalue weighted by Gasteiger charge is -2.41. The monoisotopic (exact) mass is 2120 g/mol. The summed E-state index contributed by atoms with van der Waals surface area (Å²) in [5.74, 6) is -1.87. The fourth-order valence-electron chi connectivity index (χ4n) is 24.5. The van der Waals surface area contributed by atoms with Gasteiger partial charge in [-0.25, -0.2) is 0 Å². The van der Waals surface area contributed by atoms with E-state index in [0.29, 0.717) is 157 Å². The average molecular weight is 2130 g/mol. The van der Waals surface area contributed by atoms with Crippen LogP contribution in [0.4, 0.5) is 0 Å². The highest BCUT2D eigenvalue weighted by atomic mass is 79.9. The number of likely N-dealkylation sites (N-methyl/N-ethyl adjacent to an activating group) is 4. The molecule has 4 aliphatic carbocycles. The van der Waals surface area contributed by atoms with Gasteiger partial charge in [-0.1, -0.05) is 202 Å². The van der Waals surface area contributed by atoms with Crippen LogP contribution < -0.4 is 37.9 Å². The van der Waals surface area contributed by atoms with Gasteiger partial charge >= 0.3 is 0 Å². The second-order valence-corrected chi connectivity index (χ2v) is 40.4. The molecule has 8 heterocycles. The first-order valence-corrected chi connectivity index (χ1v) is 50.1. The molecule has 4 aromatic heterocycles. The van der Waals surface area contributed by atoms with E-state index in [1.165, 1.54) is 58.1 Å². The van der Waals surface area contributed by atoms with Gasteiger partial charge in [0.1, 0.15) is 52.1 Å². The molecule has 4 fully saturated rings. The minimum absolute atomic E-state index is 0.269. The number of nitriles is 2. The first-order valence-electron chi connectivity index (χ1n) is 48.5. The summed E-state index contributed by atoms with van der Waals surface area (Å²) in [4.78, 5) is 38.8. The molecule has 768 valence electrons. The molecule has 0 bridgehead atoms. The average Bonchev–Trinajstić information content (AvgIpc) is 1.50. The number of fused-ring (bicyclic) bond motifs is 12. The molecule has 31 nitrogen and oxygen atoms in total. The Hall–Kier alpha value is -12.4. The van der Waals surface area contributed by atoms with Crippen LogP contribution in [-0.4, -0.2) is 268 Å². The number of hydrogen-bond acceptors (Lipinski definition) is 30. The van der Waals surface area contributed by atoms with E-state index >= 15 is 0 Å². The number of pyridine rings is 4. The minimum atomic E-state index is -2.03. The number of nitrogens with zero attached hydrogens (tertiary/aromatic N) is 10. The topological polar surface area (TPSA) is 402 Å². The second-order valence-electron chi connectivity index (χ2n) is 38.5. The van der Waals surface area contributed by atoms with E-state index in [-0.39, 0.29) is 29.1 Å². The molecule has 4 saturated carbocycles. The Labute approximate surface area is 871 Å². The van der Waals surface area contributed by atoms with Crippen molar-refractivity contribution in [3.05, 3.63) is 355 Å². The zero-order chi connectivity index (χ0) is 104. The Bertz CT molecular complexity index is 6480. The largest absolute Gasteiger partial charge is 0.495 e. The predicted octanol–water partition coefficient (Wildman–Crippen LogP) is 12.5. The van der Waals surface area contributed by atoms with Crippen molar-refractivity contribution < 1.29 is 102 Å². The number of amides is 1. The van der Waals surface area contributed by atoms with Gasteiger partial charge < -0.3 is 117 Å². The number of carbonyl (C=O) groups excluding carboxylic acids is 1. The summed E-state index contributed by atoms with van der Waals surface area (Å²) in [5, 5.41) is 118. The van der Waals surface area contributed by atoms with Crippen LogP contribution in [0.2, 0.25) is 0 Å². The third-order valence-corrected chi connectivity index (χ3v) is 31.9. The van der Waals surface area contributed by atoms with Gasteiger partial charge in [-0.05, 0) is 114 Å². The van der Waals surface area contributed by atoms with Crippen molar-refractivity contribution in [3.8, 4) is 58.1 Å². The molecule has 8 aromatic carbocycles. The molecule has 0 unspecified atom stereocenters. The minimum Gasteiger partial charge on any atom is -0.495 e. The van der Waals surface area contributed by atoms with Crippen LogP contribution in [0, 0.1) is 46.3 Å². The molecule has 0 radical (unpaired) electrons. The number of carbonyl (C=O) groups is 1. The van der Waals surface area contributed by atoms with E-state index in [1.807, 2.05) is 191 Å². The molecule has 20 atom stereocenters. The van der Waals surface area contributed by atoms with Gasteiger partial charge in [-0.2, -0.15) is 10.5 Å². The quantitative estimate of drug-likeness (QED) is 0.0200. The van der Waals surface area contributed by atoms with Crippen LogP contribution in [-0.2, 0) is 68.6 Å². The van der Waals surface area contributed by atoms with E-state index in [1.54, 1.807) is 109 Å². The van der Waals surface area contributed by atoms with Gasteiger partial charge in [0.05, 0.1) is 174 Å². The van der Waals surface area contributed by atoms with Gasteiger partial charge in [-0.3, -0.25) is 24.7 Å². The van der Waals surface area contributed by atoms with Crippen LogP contribution in [0.1, 0.15) is 102 Å². The maximum absolute atomic E-state index is 14.0. The summed E-state index contributed by atoms with van der Waals surface area (Å²) in [6, 6.07) is 72.5. The predicted molar refractivity (Wildman–Crippen MR) is 551 cm³/mol. The summed E-state index contributed by atoms with van der Waals surface area (Å²) in [5.41, 5.74) is -4.56. The number of methoxy groups -OCH3 is 8. The van der Waals surface area contributed by atoms with Crippen molar-refractivity contribution in [1.82, 2.24) is 39.5 Å². The Morgan fingerprint density at radius 1 is 0.340 bits per heavy atom. The maximum Gasteiger partial charge on any atom is 0.229 e. The normalized spacial score (nSPS) is 28.0. The van der Waals surface area contributed by atoms with Gasteiger partial charge in [0.2, 0.25) is 5.91 Å². The van der Waals surface area contributed by atoms with E-state index in [0.717, 1.165) is 36.8 Å². The molecule has 8 aliphatic rings.